The number of unbranched alkanes of at least 4 members (excludes halogenated alkanes) is 1. The van der Waals surface area contributed by atoms with Gasteiger partial charge in [-0.3, -0.25) is 0 Å². The first-order valence-corrected chi connectivity index (χ1v) is 8.13. The Bertz CT molecular complexity index is 530. The summed E-state index contributed by atoms with van der Waals surface area (Å²) in [6.07, 6.45) is 3.70. The van der Waals surface area contributed by atoms with Crippen molar-refractivity contribution in [2.75, 3.05) is 0 Å². The highest BCUT2D eigenvalue weighted by Crippen LogP contribution is 2.16. The van der Waals surface area contributed by atoms with Crippen molar-refractivity contribution in [3.8, 4) is 0 Å². The summed E-state index contributed by atoms with van der Waals surface area (Å²) in [5.74, 6) is 0. The Morgan fingerprint density at radius 1 is 0.952 bits per heavy atom. The maximum atomic E-state index is 5.90. The second-order valence-corrected chi connectivity index (χ2v) is 6.01. The average molecular weight is 302 g/mol. The Kier molecular flexibility index (Phi) is 6.28. The lowest BCUT2D eigenvalue weighted by molar-refractivity contribution is 0.574. The molecule has 112 valence electrons. The molecule has 1 unspecified atom stereocenters. The van der Waals surface area contributed by atoms with E-state index in [9.17, 15) is 0 Å². The maximum absolute atomic E-state index is 5.90. The Hall–Kier alpha value is -1.31. The summed E-state index contributed by atoms with van der Waals surface area (Å²) in [7, 11) is 0. The number of hydrogen-bond acceptors (Lipinski definition) is 1. The van der Waals surface area contributed by atoms with E-state index in [1.807, 2.05) is 12.1 Å². The summed E-state index contributed by atoms with van der Waals surface area (Å²) in [6.45, 7) is 5.30. The molecule has 2 aromatic carbocycles. The van der Waals surface area contributed by atoms with Gasteiger partial charge in [-0.25, -0.2) is 0 Å². The van der Waals surface area contributed by atoms with Gasteiger partial charge < -0.3 is 5.32 Å². The molecule has 1 atom stereocenters. The van der Waals surface area contributed by atoms with Crippen molar-refractivity contribution in [1.82, 2.24) is 5.32 Å². The van der Waals surface area contributed by atoms with E-state index in [0.717, 1.165) is 11.6 Å². The molecule has 0 amide bonds. The number of nitrogens with one attached hydrogen (secondary N) is 1. The third kappa shape index (κ3) is 5.18. The number of aryl methyl sites for hydroxylation is 1. The Balaban J connectivity index is 1.87. The van der Waals surface area contributed by atoms with Gasteiger partial charge in [-0.15, -0.1) is 0 Å². The van der Waals surface area contributed by atoms with E-state index in [1.54, 1.807) is 0 Å². The van der Waals surface area contributed by atoms with Gasteiger partial charge in [0.2, 0.25) is 0 Å². The summed E-state index contributed by atoms with van der Waals surface area (Å²) in [6, 6.07) is 17.3. The zero-order chi connectivity index (χ0) is 15.1. The molecule has 21 heavy (non-hydrogen) atoms. The van der Waals surface area contributed by atoms with Crippen LogP contribution in [-0.4, -0.2) is 0 Å². The quantitative estimate of drug-likeness (QED) is 0.708. The molecule has 1 nitrogen and oxygen atoms in total. The van der Waals surface area contributed by atoms with Crippen LogP contribution in [-0.2, 0) is 13.0 Å². The van der Waals surface area contributed by atoms with E-state index in [-0.39, 0.29) is 0 Å². The maximum Gasteiger partial charge on any atom is 0.0406 e. The van der Waals surface area contributed by atoms with Crippen molar-refractivity contribution < 1.29 is 0 Å². The van der Waals surface area contributed by atoms with Crippen molar-refractivity contribution in [1.29, 1.82) is 0 Å². The Morgan fingerprint density at radius 3 is 2.19 bits per heavy atom. The first-order valence-electron chi connectivity index (χ1n) is 7.75. The van der Waals surface area contributed by atoms with Crippen molar-refractivity contribution >= 4 is 11.6 Å². The Labute approximate surface area is 133 Å². The second-order valence-electron chi connectivity index (χ2n) is 5.57. The molecule has 0 saturated heterocycles. The number of hydrogen-bond donors (Lipinski definition) is 1. The van der Waals surface area contributed by atoms with E-state index in [2.05, 4.69) is 55.6 Å². The van der Waals surface area contributed by atoms with Crippen molar-refractivity contribution in [2.45, 2.75) is 45.7 Å². The van der Waals surface area contributed by atoms with Crippen LogP contribution in [0.5, 0.6) is 0 Å². The van der Waals surface area contributed by atoms with E-state index in [0.29, 0.717) is 6.04 Å². The van der Waals surface area contributed by atoms with Crippen LogP contribution < -0.4 is 5.32 Å². The largest absolute Gasteiger partial charge is 0.306 e. The van der Waals surface area contributed by atoms with Crippen LogP contribution in [0, 0.1) is 0 Å². The van der Waals surface area contributed by atoms with Gasteiger partial charge in [-0.1, -0.05) is 61.3 Å². The van der Waals surface area contributed by atoms with Crippen LogP contribution in [0.3, 0.4) is 0 Å². The molecule has 2 heteroatoms. The van der Waals surface area contributed by atoms with Crippen LogP contribution in [0.15, 0.2) is 48.5 Å². The third-order valence-electron chi connectivity index (χ3n) is 3.82. The number of rotatable bonds is 7. The average Bonchev–Trinajstić information content (AvgIpc) is 2.52. The molecule has 0 aliphatic heterocycles. The lowest BCUT2D eigenvalue weighted by atomic mass is 10.0. The lowest BCUT2D eigenvalue weighted by Gasteiger charge is -2.15. The molecular weight excluding hydrogens is 278 g/mol. The van der Waals surface area contributed by atoms with Gasteiger partial charge in [0, 0.05) is 17.6 Å². The SMILES string of the molecule is CCCCc1ccc(C(C)NCc2ccc(Cl)cc2)cc1. The summed E-state index contributed by atoms with van der Waals surface area (Å²) < 4.78 is 0. The molecule has 0 radical (unpaired) electrons. The molecule has 2 aromatic rings. The van der Waals surface area contributed by atoms with Gasteiger partial charge in [0.1, 0.15) is 0 Å². The highest BCUT2D eigenvalue weighted by molar-refractivity contribution is 6.30. The minimum Gasteiger partial charge on any atom is -0.306 e. The normalized spacial score (nSPS) is 12.3. The van der Waals surface area contributed by atoms with E-state index in [4.69, 9.17) is 11.6 Å². The summed E-state index contributed by atoms with van der Waals surface area (Å²) >= 11 is 5.90. The first kappa shape index (κ1) is 16.1. The predicted molar refractivity (Wildman–Crippen MR) is 91.8 cm³/mol. The molecule has 0 spiro atoms. The predicted octanol–water partition coefficient (Wildman–Crippen LogP) is 5.53. The van der Waals surface area contributed by atoms with Crippen LogP contribution in [0.1, 0.15) is 49.4 Å². The number of benzene rings is 2. The fourth-order valence-electron chi connectivity index (χ4n) is 2.34. The lowest BCUT2D eigenvalue weighted by Crippen LogP contribution is -2.18. The highest BCUT2D eigenvalue weighted by Gasteiger charge is 2.05. The molecular formula is C19H24ClN. The molecule has 2 rings (SSSR count). The third-order valence-corrected chi connectivity index (χ3v) is 4.08. The minimum absolute atomic E-state index is 0.348. The number of halogens is 1. The fraction of sp³-hybridized carbons (Fsp3) is 0.368. The van der Waals surface area contributed by atoms with Crippen molar-refractivity contribution in [2.24, 2.45) is 0 Å². The van der Waals surface area contributed by atoms with E-state index < -0.39 is 0 Å². The van der Waals surface area contributed by atoms with Gasteiger partial charge in [0.05, 0.1) is 0 Å². The Morgan fingerprint density at radius 2 is 1.57 bits per heavy atom. The summed E-state index contributed by atoms with van der Waals surface area (Å²) in [4.78, 5) is 0. The van der Waals surface area contributed by atoms with E-state index >= 15 is 0 Å². The zero-order valence-corrected chi connectivity index (χ0v) is 13.7. The molecule has 0 aliphatic carbocycles. The van der Waals surface area contributed by atoms with E-state index in [1.165, 1.54) is 36.0 Å². The second kappa shape index (κ2) is 8.21. The molecule has 0 aromatic heterocycles. The topological polar surface area (TPSA) is 12.0 Å². The summed E-state index contributed by atoms with van der Waals surface area (Å²) in [5.41, 5.74) is 4.03. The smallest absolute Gasteiger partial charge is 0.0406 e. The van der Waals surface area contributed by atoms with Crippen LogP contribution in [0.4, 0.5) is 0 Å². The van der Waals surface area contributed by atoms with Crippen LogP contribution in [0.25, 0.3) is 0 Å². The highest BCUT2D eigenvalue weighted by atomic mass is 35.5. The first-order chi connectivity index (χ1) is 10.2. The molecule has 0 fully saturated rings. The van der Waals surface area contributed by atoms with Gasteiger partial charge >= 0.3 is 0 Å². The fourth-order valence-corrected chi connectivity index (χ4v) is 2.47. The van der Waals surface area contributed by atoms with Crippen molar-refractivity contribution in [3.63, 3.8) is 0 Å². The molecule has 1 N–H and O–H groups in total. The standard InChI is InChI=1S/C19H24ClN/c1-3-4-5-16-6-10-18(11-7-16)15(2)21-14-17-8-12-19(20)13-9-17/h6-13,15,21H,3-5,14H2,1-2H3. The van der Waals surface area contributed by atoms with Gasteiger partial charge in [-0.05, 0) is 48.6 Å². The molecule has 0 heterocycles. The van der Waals surface area contributed by atoms with Crippen molar-refractivity contribution in [3.05, 3.63) is 70.2 Å². The molecule has 0 bridgehead atoms. The van der Waals surface area contributed by atoms with Gasteiger partial charge in [-0.2, -0.15) is 0 Å². The molecule has 0 aliphatic rings. The van der Waals surface area contributed by atoms with Crippen LogP contribution >= 0.6 is 11.6 Å². The monoisotopic (exact) mass is 301 g/mol. The van der Waals surface area contributed by atoms with Gasteiger partial charge in [0.15, 0.2) is 0 Å². The molecule has 0 saturated carbocycles. The van der Waals surface area contributed by atoms with Gasteiger partial charge in [0.25, 0.3) is 0 Å². The van der Waals surface area contributed by atoms with Crippen LogP contribution in [0.2, 0.25) is 5.02 Å². The minimum atomic E-state index is 0.348. The summed E-state index contributed by atoms with van der Waals surface area (Å²) in [5, 5.41) is 4.34. The zero-order valence-electron chi connectivity index (χ0n) is 12.9.